The maximum atomic E-state index is 3.45. The Balaban J connectivity index is 2.13. The average Bonchev–Trinajstić information content (AvgIpc) is 2.79. The van der Waals surface area contributed by atoms with E-state index in [0.717, 1.165) is 19.5 Å². The third-order valence-electron chi connectivity index (χ3n) is 3.20. The van der Waals surface area contributed by atoms with Gasteiger partial charge in [-0.2, -0.15) is 0 Å². The van der Waals surface area contributed by atoms with Crippen LogP contribution in [0.4, 0.5) is 0 Å². The molecule has 1 N–H and O–H groups in total. The molecule has 100 valence electrons. The molecule has 2 aromatic rings. The number of hydrogen-bond acceptors (Lipinski definition) is 1. The zero-order valence-electron chi connectivity index (χ0n) is 12.0. The summed E-state index contributed by atoms with van der Waals surface area (Å²) in [5, 5.41) is 4.76. The van der Waals surface area contributed by atoms with Crippen LogP contribution in [-0.2, 0) is 13.1 Å². The van der Waals surface area contributed by atoms with Crippen molar-refractivity contribution in [1.29, 1.82) is 0 Å². The van der Waals surface area contributed by atoms with E-state index in [1.807, 2.05) is 6.92 Å². The first-order valence-electron chi connectivity index (χ1n) is 6.91. The van der Waals surface area contributed by atoms with E-state index in [9.17, 15) is 0 Å². The summed E-state index contributed by atoms with van der Waals surface area (Å²) in [6, 6.07) is 9.40. The van der Waals surface area contributed by atoms with Crippen molar-refractivity contribution in [2.75, 3.05) is 0 Å². The van der Waals surface area contributed by atoms with Crippen molar-refractivity contribution < 1.29 is 0 Å². The van der Waals surface area contributed by atoms with Gasteiger partial charge in [-0.15, -0.1) is 11.8 Å². The maximum Gasteiger partial charge on any atom is 0.0480 e. The normalized spacial score (nSPS) is 10.7. The van der Waals surface area contributed by atoms with Crippen molar-refractivity contribution in [2.24, 2.45) is 0 Å². The third kappa shape index (κ3) is 3.62. The van der Waals surface area contributed by atoms with Crippen LogP contribution in [0.5, 0.6) is 0 Å². The summed E-state index contributed by atoms with van der Waals surface area (Å²) in [5.41, 5.74) is 2.64. The molecule has 19 heavy (non-hydrogen) atoms. The van der Waals surface area contributed by atoms with Gasteiger partial charge in [0.05, 0.1) is 0 Å². The molecule has 2 heteroatoms. The topological polar surface area (TPSA) is 17.0 Å². The van der Waals surface area contributed by atoms with Crippen molar-refractivity contribution >= 4 is 10.9 Å². The Morgan fingerprint density at radius 3 is 2.84 bits per heavy atom. The van der Waals surface area contributed by atoms with Gasteiger partial charge in [0.1, 0.15) is 0 Å². The standard InChI is InChI=1S/C17H22N2/c1-4-5-6-10-19-11-9-16-12-15(7-8-17(16)19)13-18-14(2)3/h7-9,11-12,14,18H,6,10,13H2,1-3H3. The number of rotatable bonds is 5. The minimum absolute atomic E-state index is 0.521. The molecule has 0 fully saturated rings. The van der Waals surface area contributed by atoms with Gasteiger partial charge < -0.3 is 9.88 Å². The number of aryl methyl sites for hydroxylation is 1. The summed E-state index contributed by atoms with van der Waals surface area (Å²) >= 11 is 0. The lowest BCUT2D eigenvalue weighted by Crippen LogP contribution is -2.21. The van der Waals surface area contributed by atoms with E-state index in [1.165, 1.54) is 16.5 Å². The fraction of sp³-hybridized carbons (Fsp3) is 0.412. The molecule has 0 atom stereocenters. The van der Waals surface area contributed by atoms with Gasteiger partial charge in [0.2, 0.25) is 0 Å². The zero-order valence-corrected chi connectivity index (χ0v) is 12.0. The van der Waals surface area contributed by atoms with Gasteiger partial charge >= 0.3 is 0 Å². The van der Waals surface area contributed by atoms with Crippen molar-refractivity contribution in [2.45, 2.75) is 46.3 Å². The second kappa shape index (κ2) is 6.45. The number of fused-ring (bicyclic) bond motifs is 1. The largest absolute Gasteiger partial charge is 0.347 e. The lowest BCUT2D eigenvalue weighted by molar-refractivity contribution is 0.589. The van der Waals surface area contributed by atoms with Gasteiger partial charge in [-0.05, 0) is 36.1 Å². The van der Waals surface area contributed by atoms with E-state index in [1.54, 1.807) is 0 Å². The van der Waals surface area contributed by atoms with Gasteiger partial charge in [0.25, 0.3) is 0 Å². The number of nitrogens with zero attached hydrogens (tertiary/aromatic N) is 1. The van der Waals surface area contributed by atoms with Gasteiger partial charge in [-0.3, -0.25) is 0 Å². The lowest BCUT2D eigenvalue weighted by atomic mass is 10.1. The van der Waals surface area contributed by atoms with Crippen LogP contribution in [0.25, 0.3) is 10.9 Å². The van der Waals surface area contributed by atoms with E-state index < -0.39 is 0 Å². The Morgan fingerprint density at radius 2 is 2.11 bits per heavy atom. The fourth-order valence-corrected chi connectivity index (χ4v) is 2.18. The Labute approximate surface area is 115 Å². The van der Waals surface area contributed by atoms with Crippen LogP contribution >= 0.6 is 0 Å². The SMILES string of the molecule is CC#CCCn1ccc2cc(CNC(C)C)ccc21. The molecule has 0 aliphatic rings. The first-order valence-corrected chi connectivity index (χ1v) is 6.91. The van der Waals surface area contributed by atoms with Crippen molar-refractivity contribution in [3.63, 3.8) is 0 Å². The van der Waals surface area contributed by atoms with Crippen molar-refractivity contribution in [3.8, 4) is 11.8 Å². The van der Waals surface area contributed by atoms with Crippen LogP contribution in [0, 0.1) is 11.8 Å². The first-order chi connectivity index (χ1) is 9.20. The number of benzene rings is 1. The summed E-state index contributed by atoms with van der Waals surface area (Å²) in [4.78, 5) is 0. The number of nitrogens with one attached hydrogen (secondary N) is 1. The second-order valence-electron chi connectivity index (χ2n) is 5.11. The van der Waals surface area contributed by atoms with Crippen molar-refractivity contribution in [1.82, 2.24) is 9.88 Å². The molecule has 0 bridgehead atoms. The zero-order chi connectivity index (χ0) is 13.7. The molecule has 0 saturated carbocycles. The van der Waals surface area contributed by atoms with Gasteiger partial charge in [-0.25, -0.2) is 0 Å². The van der Waals surface area contributed by atoms with Crippen LogP contribution in [0.1, 0.15) is 32.8 Å². The highest BCUT2D eigenvalue weighted by molar-refractivity contribution is 5.80. The molecule has 0 amide bonds. The molecule has 1 heterocycles. The monoisotopic (exact) mass is 254 g/mol. The summed E-state index contributed by atoms with van der Waals surface area (Å²) < 4.78 is 2.28. The van der Waals surface area contributed by atoms with E-state index >= 15 is 0 Å². The molecule has 0 saturated heterocycles. The minimum Gasteiger partial charge on any atom is -0.347 e. The van der Waals surface area contributed by atoms with Gasteiger partial charge in [-0.1, -0.05) is 19.9 Å². The predicted octanol–water partition coefficient (Wildman–Crippen LogP) is 3.55. The molecule has 0 radical (unpaired) electrons. The van der Waals surface area contributed by atoms with Crippen LogP contribution < -0.4 is 5.32 Å². The summed E-state index contributed by atoms with van der Waals surface area (Å²) in [6.07, 6.45) is 3.07. The van der Waals surface area contributed by atoms with Crippen LogP contribution in [0.2, 0.25) is 0 Å². The molecule has 0 unspecified atom stereocenters. The smallest absolute Gasteiger partial charge is 0.0480 e. The average molecular weight is 254 g/mol. The maximum absolute atomic E-state index is 3.45. The van der Waals surface area contributed by atoms with E-state index in [0.29, 0.717) is 6.04 Å². The van der Waals surface area contributed by atoms with Crippen LogP contribution in [0.15, 0.2) is 30.5 Å². The summed E-state index contributed by atoms with van der Waals surface area (Å²) in [6.45, 7) is 8.13. The highest BCUT2D eigenvalue weighted by Gasteiger charge is 2.02. The molecule has 0 spiro atoms. The molecule has 0 aliphatic carbocycles. The van der Waals surface area contributed by atoms with E-state index in [-0.39, 0.29) is 0 Å². The predicted molar refractivity (Wildman–Crippen MR) is 82.0 cm³/mol. The minimum atomic E-state index is 0.521. The fourth-order valence-electron chi connectivity index (χ4n) is 2.18. The highest BCUT2D eigenvalue weighted by Crippen LogP contribution is 2.18. The Hall–Kier alpha value is -1.72. The summed E-state index contributed by atoms with van der Waals surface area (Å²) in [7, 11) is 0. The van der Waals surface area contributed by atoms with Gasteiger partial charge in [0.15, 0.2) is 0 Å². The molecule has 1 aromatic heterocycles. The molecule has 0 aliphatic heterocycles. The second-order valence-corrected chi connectivity index (χ2v) is 5.11. The van der Waals surface area contributed by atoms with Crippen LogP contribution in [0.3, 0.4) is 0 Å². The van der Waals surface area contributed by atoms with Crippen LogP contribution in [-0.4, -0.2) is 10.6 Å². The van der Waals surface area contributed by atoms with E-state index in [2.05, 4.69) is 66.0 Å². The number of aromatic nitrogens is 1. The number of hydrogen-bond donors (Lipinski definition) is 1. The molecular formula is C17H22N2. The Morgan fingerprint density at radius 1 is 1.26 bits per heavy atom. The van der Waals surface area contributed by atoms with Gasteiger partial charge in [0, 0.05) is 37.3 Å². The first kappa shape index (κ1) is 13.7. The molecule has 2 nitrogen and oxygen atoms in total. The quantitative estimate of drug-likeness (QED) is 0.807. The molecule has 1 aromatic carbocycles. The summed E-state index contributed by atoms with van der Waals surface area (Å²) in [5.74, 6) is 6.06. The van der Waals surface area contributed by atoms with Crippen molar-refractivity contribution in [3.05, 3.63) is 36.0 Å². The molecule has 2 rings (SSSR count). The molecular weight excluding hydrogens is 232 g/mol. The Kier molecular flexibility index (Phi) is 4.65. The highest BCUT2D eigenvalue weighted by atomic mass is 14.9. The Bertz CT molecular complexity index is 596. The van der Waals surface area contributed by atoms with E-state index in [4.69, 9.17) is 0 Å². The lowest BCUT2D eigenvalue weighted by Gasteiger charge is -2.08. The third-order valence-corrected chi connectivity index (χ3v) is 3.20.